The van der Waals surface area contributed by atoms with E-state index in [0.29, 0.717) is 16.5 Å². The highest BCUT2D eigenvalue weighted by Gasteiger charge is 2.15. The number of hydrogen-bond donors (Lipinski definition) is 1. The van der Waals surface area contributed by atoms with Gasteiger partial charge >= 0.3 is 6.09 Å². The van der Waals surface area contributed by atoms with Crippen molar-refractivity contribution < 1.29 is 14.5 Å². The maximum absolute atomic E-state index is 11.4. The number of nitro benzene ring substituents is 1. The molecular weight excluding hydrogens is 248 g/mol. The number of non-ortho nitro benzene ring substituents is 1. The highest BCUT2D eigenvalue weighted by molar-refractivity contribution is 6.03. The summed E-state index contributed by atoms with van der Waals surface area (Å²) >= 11 is 0. The zero-order valence-corrected chi connectivity index (χ0v) is 10.3. The first-order chi connectivity index (χ1) is 9.13. The van der Waals surface area contributed by atoms with Crippen LogP contribution in [0.3, 0.4) is 0 Å². The third kappa shape index (κ3) is 2.62. The van der Waals surface area contributed by atoms with Crippen molar-refractivity contribution in [1.82, 2.24) is 0 Å². The normalized spacial score (nSPS) is 10.2. The molecule has 98 valence electrons. The molecule has 2 aromatic rings. The number of amides is 1. The van der Waals surface area contributed by atoms with E-state index in [0.717, 1.165) is 0 Å². The summed E-state index contributed by atoms with van der Waals surface area (Å²) in [6.45, 7) is 1.96. The van der Waals surface area contributed by atoms with Gasteiger partial charge in [-0.2, -0.15) is 0 Å². The summed E-state index contributed by atoms with van der Waals surface area (Å²) in [4.78, 5) is 21.9. The Bertz CT molecular complexity index is 640. The van der Waals surface area contributed by atoms with Crippen molar-refractivity contribution >= 4 is 28.2 Å². The van der Waals surface area contributed by atoms with Crippen LogP contribution >= 0.6 is 0 Å². The Balaban J connectivity index is 2.49. The van der Waals surface area contributed by atoms with Crippen LogP contribution < -0.4 is 5.32 Å². The summed E-state index contributed by atoms with van der Waals surface area (Å²) in [6.07, 6.45) is -0.582. The van der Waals surface area contributed by atoms with E-state index in [9.17, 15) is 14.9 Å². The third-order valence-electron chi connectivity index (χ3n) is 2.61. The van der Waals surface area contributed by atoms with Crippen molar-refractivity contribution in [1.29, 1.82) is 0 Å². The quantitative estimate of drug-likeness (QED) is 0.678. The van der Waals surface area contributed by atoms with Gasteiger partial charge in [0.1, 0.15) is 0 Å². The molecule has 0 radical (unpaired) electrons. The Morgan fingerprint density at radius 2 is 1.95 bits per heavy atom. The van der Waals surface area contributed by atoms with Crippen molar-refractivity contribution in [3.8, 4) is 0 Å². The highest BCUT2D eigenvalue weighted by Crippen LogP contribution is 2.31. The summed E-state index contributed by atoms with van der Waals surface area (Å²) in [5.74, 6) is 0. The predicted molar refractivity (Wildman–Crippen MR) is 71.2 cm³/mol. The smallest absolute Gasteiger partial charge is 0.411 e. The van der Waals surface area contributed by atoms with Crippen LogP contribution in [0.5, 0.6) is 0 Å². The molecule has 0 saturated carbocycles. The number of rotatable bonds is 3. The van der Waals surface area contributed by atoms with Crippen LogP contribution in [0, 0.1) is 10.1 Å². The van der Waals surface area contributed by atoms with Crippen LogP contribution in [0.1, 0.15) is 6.92 Å². The minimum absolute atomic E-state index is 0.00464. The number of anilines is 1. The molecule has 2 rings (SSSR count). The molecule has 0 aliphatic carbocycles. The average Bonchev–Trinajstić information content (AvgIpc) is 2.39. The first kappa shape index (κ1) is 12.8. The maximum atomic E-state index is 11.4. The number of nitrogens with one attached hydrogen (secondary N) is 1. The number of benzene rings is 2. The third-order valence-corrected chi connectivity index (χ3v) is 2.61. The van der Waals surface area contributed by atoms with Crippen LogP contribution in [-0.2, 0) is 4.74 Å². The monoisotopic (exact) mass is 260 g/mol. The highest BCUT2D eigenvalue weighted by atomic mass is 16.6. The molecule has 0 fully saturated rings. The van der Waals surface area contributed by atoms with Gasteiger partial charge in [0.25, 0.3) is 5.69 Å². The molecule has 0 aromatic heterocycles. The minimum atomic E-state index is -0.582. The zero-order valence-electron chi connectivity index (χ0n) is 10.3. The second-order valence-corrected chi connectivity index (χ2v) is 3.78. The maximum Gasteiger partial charge on any atom is 0.411 e. The molecule has 0 bridgehead atoms. The first-order valence-corrected chi connectivity index (χ1v) is 5.73. The first-order valence-electron chi connectivity index (χ1n) is 5.73. The Morgan fingerprint density at radius 3 is 2.58 bits per heavy atom. The van der Waals surface area contributed by atoms with E-state index in [-0.39, 0.29) is 12.3 Å². The zero-order chi connectivity index (χ0) is 13.8. The van der Waals surface area contributed by atoms with Crippen molar-refractivity contribution in [3.05, 3.63) is 46.5 Å². The topological polar surface area (TPSA) is 81.5 Å². The molecular formula is C13H12N2O4. The fourth-order valence-electron chi connectivity index (χ4n) is 1.83. The van der Waals surface area contributed by atoms with Gasteiger partial charge in [0, 0.05) is 11.5 Å². The van der Waals surface area contributed by atoms with Gasteiger partial charge in [0.05, 0.1) is 22.6 Å². The summed E-state index contributed by atoms with van der Waals surface area (Å²) < 4.78 is 4.79. The lowest BCUT2D eigenvalue weighted by atomic mass is 10.1. The van der Waals surface area contributed by atoms with Gasteiger partial charge in [-0.1, -0.05) is 18.2 Å². The molecule has 19 heavy (non-hydrogen) atoms. The van der Waals surface area contributed by atoms with E-state index < -0.39 is 11.0 Å². The molecule has 6 nitrogen and oxygen atoms in total. The van der Waals surface area contributed by atoms with Crippen molar-refractivity contribution in [2.24, 2.45) is 0 Å². The molecule has 0 unspecified atom stereocenters. The molecule has 0 spiro atoms. The van der Waals surface area contributed by atoms with Crippen LogP contribution in [0.25, 0.3) is 10.8 Å². The lowest BCUT2D eigenvalue weighted by Crippen LogP contribution is -2.13. The van der Waals surface area contributed by atoms with Gasteiger partial charge < -0.3 is 4.74 Å². The summed E-state index contributed by atoms with van der Waals surface area (Å²) in [5.41, 5.74) is 0.490. The number of fused-ring (bicyclic) bond motifs is 1. The number of carbonyl (C=O) groups excluding carboxylic acids is 1. The Kier molecular flexibility index (Phi) is 3.61. The van der Waals surface area contributed by atoms with Crippen LogP contribution in [0.15, 0.2) is 36.4 Å². The second kappa shape index (κ2) is 5.34. The van der Waals surface area contributed by atoms with Gasteiger partial charge in [0.15, 0.2) is 0 Å². The van der Waals surface area contributed by atoms with Gasteiger partial charge in [-0.25, -0.2) is 4.79 Å². The van der Waals surface area contributed by atoms with Crippen LogP contribution in [-0.4, -0.2) is 17.6 Å². The second-order valence-electron chi connectivity index (χ2n) is 3.78. The molecule has 1 N–H and O–H groups in total. The molecule has 0 aliphatic heterocycles. The van der Waals surface area contributed by atoms with E-state index in [1.807, 2.05) is 0 Å². The van der Waals surface area contributed by atoms with E-state index in [2.05, 4.69) is 5.32 Å². The molecule has 0 heterocycles. The van der Waals surface area contributed by atoms with E-state index in [1.54, 1.807) is 31.2 Å². The fraction of sp³-hybridized carbons (Fsp3) is 0.154. The van der Waals surface area contributed by atoms with Crippen molar-refractivity contribution in [2.75, 3.05) is 11.9 Å². The SMILES string of the molecule is CCOC(=O)Nc1ccc([N+](=O)[O-])c2ccccc12. The lowest BCUT2D eigenvalue weighted by molar-refractivity contribution is -0.383. The number of hydrogen-bond acceptors (Lipinski definition) is 4. The summed E-state index contributed by atoms with van der Waals surface area (Å²) in [7, 11) is 0. The van der Waals surface area contributed by atoms with Crippen LogP contribution in [0.2, 0.25) is 0 Å². The Hall–Kier alpha value is -2.63. The van der Waals surface area contributed by atoms with Gasteiger partial charge in [-0.3, -0.25) is 15.4 Å². The largest absolute Gasteiger partial charge is 0.450 e. The molecule has 0 aliphatic rings. The summed E-state index contributed by atoms with van der Waals surface area (Å²) in [6, 6.07) is 9.68. The summed E-state index contributed by atoms with van der Waals surface area (Å²) in [5, 5.41) is 14.6. The molecule has 0 saturated heterocycles. The Morgan fingerprint density at radius 1 is 1.26 bits per heavy atom. The van der Waals surface area contributed by atoms with E-state index in [1.165, 1.54) is 12.1 Å². The number of carbonyl (C=O) groups is 1. The van der Waals surface area contributed by atoms with Gasteiger partial charge in [-0.15, -0.1) is 0 Å². The fourth-order valence-corrected chi connectivity index (χ4v) is 1.83. The van der Waals surface area contributed by atoms with Gasteiger partial charge in [-0.05, 0) is 19.1 Å². The molecule has 2 aromatic carbocycles. The standard InChI is InChI=1S/C13H12N2O4/c1-2-19-13(16)14-11-7-8-12(15(17)18)10-6-4-3-5-9(10)11/h3-8H,2H2,1H3,(H,14,16). The molecule has 1 amide bonds. The minimum Gasteiger partial charge on any atom is -0.450 e. The average molecular weight is 260 g/mol. The lowest BCUT2D eigenvalue weighted by Gasteiger charge is -2.08. The number of ether oxygens (including phenoxy) is 1. The molecule has 6 heteroatoms. The van der Waals surface area contributed by atoms with Gasteiger partial charge in [0.2, 0.25) is 0 Å². The Labute approximate surface area is 109 Å². The number of nitro groups is 1. The predicted octanol–water partition coefficient (Wildman–Crippen LogP) is 3.32. The van der Waals surface area contributed by atoms with Crippen molar-refractivity contribution in [2.45, 2.75) is 6.92 Å². The van der Waals surface area contributed by atoms with E-state index >= 15 is 0 Å². The van der Waals surface area contributed by atoms with Crippen LogP contribution in [0.4, 0.5) is 16.2 Å². The van der Waals surface area contributed by atoms with Crippen molar-refractivity contribution in [3.63, 3.8) is 0 Å². The molecule has 0 atom stereocenters. The van der Waals surface area contributed by atoms with E-state index in [4.69, 9.17) is 4.74 Å². The number of nitrogens with zero attached hydrogens (tertiary/aromatic N) is 1.